The molecule has 1 aromatic rings. The summed E-state index contributed by atoms with van der Waals surface area (Å²) in [4.78, 5) is 18.3. The van der Waals surface area contributed by atoms with Crippen molar-refractivity contribution < 1.29 is 4.79 Å². The van der Waals surface area contributed by atoms with E-state index in [-0.39, 0.29) is 5.91 Å². The van der Waals surface area contributed by atoms with Crippen molar-refractivity contribution in [2.75, 3.05) is 31.5 Å². The number of rotatable bonds is 3. The van der Waals surface area contributed by atoms with Crippen LogP contribution < -0.4 is 10.6 Å². The van der Waals surface area contributed by atoms with E-state index in [1.165, 1.54) is 24.2 Å². The molecule has 2 unspecified atom stereocenters. The molecular weight excluding hydrogens is 248 g/mol. The van der Waals surface area contributed by atoms with E-state index in [0.717, 1.165) is 25.6 Å². The minimum atomic E-state index is 0.0532. The zero-order valence-corrected chi connectivity index (χ0v) is 11.1. The summed E-state index contributed by atoms with van der Waals surface area (Å²) in [6.45, 7) is 3.65. The number of aromatic nitrogens is 1. The molecule has 2 atom stereocenters. The SMILES string of the molecule is O=C(CN1CCCC2CNCC21)Nc1nccs1. The van der Waals surface area contributed by atoms with Gasteiger partial charge >= 0.3 is 0 Å². The van der Waals surface area contributed by atoms with Crippen LogP contribution in [0.4, 0.5) is 5.13 Å². The van der Waals surface area contributed by atoms with Crippen LogP contribution in [0, 0.1) is 5.92 Å². The fourth-order valence-electron chi connectivity index (χ4n) is 2.99. The minimum Gasteiger partial charge on any atom is -0.315 e. The number of anilines is 1. The van der Waals surface area contributed by atoms with Gasteiger partial charge in [-0.3, -0.25) is 9.69 Å². The molecule has 6 heteroatoms. The number of nitrogens with zero attached hydrogens (tertiary/aromatic N) is 2. The van der Waals surface area contributed by atoms with E-state index in [4.69, 9.17) is 0 Å². The van der Waals surface area contributed by atoms with Crippen LogP contribution in [0.5, 0.6) is 0 Å². The second-order valence-electron chi connectivity index (χ2n) is 4.98. The lowest BCUT2D eigenvalue weighted by molar-refractivity contribution is -0.118. The first-order valence-corrected chi connectivity index (χ1v) is 7.35. The predicted octanol–water partition coefficient (Wildman–Crippen LogP) is 0.765. The average molecular weight is 266 g/mol. The summed E-state index contributed by atoms with van der Waals surface area (Å²) in [7, 11) is 0. The number of carbonyl (C=O) groups is 1. The van der Waals surface area contributed by atoms with Crippen LogP contribution in [0.1, 0.15) is 12.8 Å². The molecule has 2 aliphatic heterocycles. The van der Waals surface area contributed by atoms with Crippen LogP contribution in [0.15, 0.2) is 11.6 Å². The lowest BCUT2D eigenvalue weighted by atomic mass is 9.92. The minimum absolute atomic E-state index is 0.0532. The van der Waals surface area contributed by atoms with Crippen molar-refractivity contribution in [3.63, 3.8) is 0 Å². The molecule has 0 aliphatic carbocycles. The first-order chi connectivity index (χ1) is 8.83. The van der Waals surface area contributed by atoms with E-state index in [9.17, 15) is 4.79 Å². The summed E-state index contributed by atoms with van der Waals surface area (Å²) in [6.07, 6.45) is 4.20. The third-order valence-corrected chi connectivity index (χ3v) is 4.51. The number of amides is 1. The monoisotopic (exact) mass is 266 g/mol. The Morgan fingerprint density at radius 2 is 2.56 bits per heavy atom. The maximum Gasteiger partial charge on any atom is 0.240 e. The number of thiazole rings is 1. The van der Waals surface area contributed by atoms with E-state index < -0.39 is 0 Å². The van der Waals surface area contributed by atoms with E-state index in [2.05, 4.69) is 20.5 Å². The number of piperidine rings is 1. The van der Waals surface area contributed by atoms with E-state index in [0.29, 0.717) is 17.7 Å². The Bertz CT molecular complexity index is 408. The fraction of sp³-hybridized carbons (Fsp3) is 0.667. The molecule has 2 fully saturated rings. The zero-order valence-electron chi connectivity index (χ0n) is 10.3. The molecule has 1 aromatic heterocycles. The van der Waals surface area contributed by atoms with E-state index in [1.54, 1.807) is 6.20 Å². The van der Waals surface area contributed by atoms with Gasteiger partial charge in [0.25, 0.3) is 0 Å². The van der Waals surface area contributed by atoms with Crippen LogP contribution >= 0.6 is 11.3 Å². The topological polar surface area (TPSA) is 57.3 Å². The quantitative estimate of drug-likeness (QED) is 0.848. The third-order valence-electron chi connectivity index (χ3n) is 3.82. The van der Waals surface area contributed by atoms with Crippen LogP contribution in [0.25, 0.3) is 0 Å². The highest BCUT2D eigenvalue weighted by Gasteiger charge is 2.35. The Morgan fingerprint density at radius 3 is 3.39 bits per heavy atom. The van der Waals surface area contributed by atoms with Gasteiger partial charge in [-0.2, -0.15) is 0 Å². The standard InChI is InChI=1S/C12H18N4OS/c17-11(15-12-14-3-5-18-12)8-16-4-1-2-9-6-13-7-10(9)16/h3,5,9-10,13H,1-2,4,6-8H2,(H,14,15,17). The molecule has 3 heterocycles. The Balaban J connectivity index is 1.56. The highest BCUT2D eigenvalue weighted by molar-refractivity contribution is 7.13. The molecule has 2 saturated heterocycles. The highest BCUT2D eigenvalue weighted by atomic mass is 32.1. The molecule has 0 spiro atoms. The van der Waals surface area contributed by atoms with Crippen LogP contribution in [-0.4, -0.2) is 48.0 Å². The maximum absolute atomic E-state index is 12.0. The van der Waals surface area contributed by atoms with Gasteiger partial charge in [0, 0.05) is 24.2 Å². The van der Waals surface area contributed by atoms with Gasteiger partial charge in [0.2, 0.25) is 5.91 Å². The number of hydrogen-bond donors (Lipinski definition) is 2. The number of carbonyl (C=O) groups excluding carboxylic acids is 1. The summed E-state index contributed by atoms with van der Waals surface area (Å²) < 4.78 is 0. The van der Waals surface area contributed by atoms with Crippen molar-refractivity contribution in [1.82, 2.24) is 15.2 Å². The smallest absolute Gasteiger partial charge is 0.240 e. The third kappa shape index (κ3) is 2.55. The van der Waals surface area contributed by atoms with Gasteiger partial charge in [-0.25, -0.2) is 4.98 Å². The van der Waals surface area contributed by atoms with Crippen molar-refractivity contribution in [2.24, 2.45) is 5.92 Å². The largest absolute Gasteiger partial charge is 0.315 e. The number of nitrogens with one attached hydrogen (secondary N) is 2. The van der Waals surface area contributed by atoms with Crippen molar-refractivity contribution in [2.45, 2.75) is 18.9 Å². The summed E-state index contributed by atoms with van der Waals surface area (Å²) in [6, 6.07) is 0.542. The van der Waals surface area contributed by atoms with E-state index in [1.807, 2.05) is 5.38 Å². The van der Waals surface area contributed by atoms with E-state index >= 15 is 0 Å². The molecule has 98 valence electrons. The number of likely N-dealkylation sites (tertiary alicyclic amines) is 1. The molecule has 1 amide bonds. The molecule has 0 aromatic carbocycles. The molecule has 0 bridgehead atoms. The van der Waals surface area contributed by atoms with Crippen LogP contribution in [0.3, 0.4) is 0 Å². The summed E-state index contributed by atoms with van der Waals surface area (Å²) in [5.74, 6) is 0.781. The molecule has 3 rings (SSSR count). The second-order valence-corrected chi connectivity index (χ2v) is 5.88. The highest BCUT2D eigenvalue weighted by Crippen LogP contribution is 2.26. The van der Waals surface area contributed by atoms with Crippen molar-refractivity contribution in [3.05, 3.63) is 11.6 Å². The first-order valence-electron chi connectivity index (χ1n) is 6.47. The molecule has 0 radical (unpaired) electrons. The van der Waals surface area contributed by atoms with Gasteiger partial charge in [0.05, 0.1) is 6.54 Å². The van der Waals surface area contributed by atoms with Gasteiger partial charge in [-0.1, -0.05) is 0 Å². The molecular formula is C12H18N4OS. The van der Waals surface area contributed by atoms with Crippen molar-refractivity contribution in [3.8, 4) is 0 Å². The zero-order chi connectivity index (χ0) is 12.4. The first kappa shape index (κ1) is 12.1. The Hall–Kier alpha value is -0.980. The van der Waals surface area contributed by atoms with Gasteiger partial charge in [0.15, 0.2) is 5.13 Å². The molecule has 5 nitrogen and oxygen atoms in total. The predicted molar refractivity (Wildman–Crippen MR) is 71.7 cm³/mol. The van der Waals surface area contributed by atoms with Crippen molar-refractivity contribution in [1.29, 1.82) is 0 Å². The second kappa shape index (κ2) is 5.34. The fourth-order valence-corrected chi connectivity index (χ4v) is 3.53. The van der Waals surface area contributed by atoms with Gasteiger partial charge in [0.1, 0.15) is 0 Å². The van der Waals surface area contributed by atoms with Crippen LogP contribution in [-0.2, 0) is 4.79 Å². The molecule has 0 saturated carbocycles. The number of fused-ring (bicyclic) bond motifs is 1. The van der Waals surface area contributed by atoms with Gasteiger partial charge in [-0.05, 0) is 31.8 Å². The van der Waals surface area contributed by atoms with Crippen LogP contribution in [0.2, 0.25) is 0 Å². The molecule has 2 aliphatic rings. The Kier molecular flexibility index (Phi) is 3.58. The lowest BCUT2D eigenvalue weighted by Crippen LogP contribution is -2.48. The van der Waals surface area contributed by atoms with Gasteiger partial charge < -0.3 is 10.6 Å². The lowest BCUT2D eigenvalue weighted by Gasteiger charge is -2.36. The van der Waals surface area contributed by atoms with Crippen molar-refractivity contribution >= 4 is 22.4 Å². The molecule has 2 N–H and O–H groups in total. The summed E-state index contributed by atoms with van der Waals surface area (Å²) >= 11 is 1.46. The molecule has 18 heavy (non-hydrogen) atoms. The average Bonchev–Trinajstić information content (AvgIpc) is 2.99. The Labute approximate surface area is 111 Å². The normalized spacial score (nSPS) is 28.0. The summed E-state index contributed by atoms with van der Waals surface area (Å²) in [5.41, 5.74) is 0. The van der Waals surface area contributed by atoms with Gasteiger partial charge in [-0.15, -0.1) is 11.3 Å². The summed E-state index contributed by atoms with van der Waals surface area (Å²) in [5, 5.41) is 8.85. The maximum atomic E-state index is 12.0. The number of hydrogen-bond acceptors (Lipinski definition) is 5. The Morgan fingerprint density at radius 1 is 1.61 bits per heavy atom.